The van der Waals surface area contributed by atoms with Crippen LogP contribution in [0.3, 0.4) is 0 Å². The fourth-order valence-corrected chi connectivity index (χ4v) is 2.47. The summed E-state index contributed by atoms with van der Waals surface area (Å²) in [5.74, 6) is 0.956. The molecule has 0 spiro atoms. The van der Waals surface area contributed by atoms with Crippen LogP contribution in [0.25, 0.3) is 16.9 Å². The number of nitrogens with two attached hydrogens (primary N) is 1. The number of fused-ring (bicyclic) bond motifs is 1. The maximum atomic E-state index is 6.00. The molecule has 0 amide bonds. The fourth-order valence-electron chi connectivity index (χ4n) is 1.94. The summed E-state index contributed by atoms with van der Waals surface area (Å²) in [6, 6.07) is 11.6. The smallest absolute Gasteiger partial charge is 0.215 e. The van der Waals surface area contributed by atoms with E-state index in [1.165, 1.54) is 0 Å². The number of hydrogen-bond acceptors (Lipinski definition) is 4. The Morgan fingerprint density at radius 1 is 1.21 bits per heavy atom. The number of hydrogen-bond donors (Lipinski definition) is 1. The average molecular weight is 366 g/mol. The van der Waals surface area contributed by atoms with E-state index >= 15 is 0 Å². The van der Waals surface area contributed by atoms with Crippen molar-refractivity contribution in [3.8, 4) is 11.6 Å². The molecular formula is C13H11IN4O. The van der Waals surface area contributed by atoms with Crippen molar-refractivity contribution >= 4 is 39.7 Å². The molecule has 0 bridgehead atoms. The SMILES string of the molecule is COc1ccc2nc(N)n(-c3cccc(I)c3)c2n1. The number of halogens is 1. The normalized spacial score (nSPS) is 10.8. The van der Waals surface area contributed by atoms with Crippen LogP contribution < -0.4 is 10.5 Å². The van der Waals surface area contributed by atoms with Crippen molar-refractivity contribution < 1.29 is 4.74 Å². The van der Waals surface area contributed by atoms with Gasteiger partial charge >= 0.3 is 0 Å². The zero-order chi connectivity index (χ0) is 13.4. The molecule has 0 fully saturated rings. The van der Waals surface area contributed by atoms with Crippen molar-refractivity contribution in [1.29, 1.82) is 0 Å². The Bertz CT molecular complexity index is 753. The molecule has 0 aliphatic heterocycles. The first-order valence-electron chi connectivity index (χ1n) is 5.64. The van der Waals surface area contributed by atoms with Crippen molar-refractivity contribution in [2.24, 2.45) is 0 Å². The van der Waals surface area contributed by atoms with Gasteiger partial charge in [-0.1, -0.05) is 6.07 Å². The summed E-state index contributed by atoms with van der Waals surface area (Å²) in [7, 11) is 1.59. The maximum absolute atomic E-state index is 6.00. The van der Waals surface area contributed by atoms with Crippen LogP contribution in [0.4, 0.5) is 5.95 Å². The van der Waals surface area contributed by atoms with Gasteiger partial charge in [0.05, 0.1) is 12.8 Å². The van der Waals surface area contributed by atoms with Crippen molar-refractivity contribution in [3.63, 3.8) is 0 Å². The second-order valence-electron chi connectivity index (χ2n) is 3.98. The number of benzene rings is 1. The van der Waals surface area contributed by atoms with Gasteiger partial charge in [0.2, 0.25) is 11.8 Å². The Hall–Kier alpha value is -1.83. The summed E-state index contributed by atoms with van der Waals surface area (Å²) in [6.45, 7) is 0. The van der Waals surface area contributed by atoms with Crippen LogP contribution in [0, 0.1) is 3.57 Å². The molecule has 2 aromatic heterocycles. The number of rotatable bonds is 2. The first-order chi connectivity index (χ1) is 9.19. The molecule has 96 valence electrons. The second-order valence-corrected chi connectivity index (χ2v) is 5.23. The minimum absolute atomic E-state index is 0.415. The topological polar surface area (TPSA) is 66.0 Å². The van der Waals surface area contributed by atoms with Crippen molar-refractivity contribution in [2.45, 2.75) is 0 Å². The van der Waals surface area contributed by atoms with E-state index in [4.69, 9.17) is 10.5 Å². The van der Waals surface area contributed by atoms with Gasteiger partial charge in [0.1, 0.15) is 5.52 Å². The first kappa shape index (κ1) is 12.2. The number of nitrogen functional groups attached to an aromatic ring is 1. The van der Waals surface area contributed by atoms with Gasteiger partial charge in [0.15, 0.2) is 5.65 Å². The van der Waals surface area contributed by atoms with E-state index in [1.54, 1.807) is 13.2 Å². The molecule has 6 heteroatoms. The first-order valence-corrected chi connectivity index (χ1v) is 6.72. The summed E-state index contributed by atoms with van der Waals surface area (Å²) in [6.07, 6.45) is 0. The Balaban J connectivity index is 2.30. The van der Waals surface area contributed by atoms with E-state index in [0.717, 1.165) is 14.8 Å². The van der Waals surface area contributed by atoms with Crippen LogP contribution in [0.15, 0.2) is 36.4 Å². The summed E-state index contributed by atoms with van der Waals surface area (Å²) >= 11 is 2.26. The van der Waals surface area contributed by atoms with Crippen LogP contribution >= 0.6 is 22.6 Å². The lowest BCUT2D eigenvalue weighted by Gasteiger charge is -2.06. The second kappa shape index (κ2) is 4.69. The summed E-state index contributed by atoms with van der Waals surface area (Å²) in [5.41, 5.74) is 8.37. The predicted molar refractivity (Wildman–Crippen MR) is 82.5 cm³/mol. The Morgan fingerprint density at radius 2 is 2.05 bits per heavy atom. The quantitative estimate of drug-likeness (QED) is 0.709. The number of aromatic nitrogens is 3. The lowest BCUT2D eigenvalue weighted by Crippen LogP contribution is -2.02. The van der Waals surface area contributed by atoms with Crippen molar-refractivity contribution in [2.75, 3.05) is 12.8 Å². The summed E-state index contributed by atoms with van der Waals surface area (Å²) in [5, 5.41) is 0. The van der Waals surface area contributed by atoms with Crippen LogP contribution in [-0.4, -0.2) is 21.6 Å². The monoisotopic (exact) mass is 366 g/mol. The lowest BCUT2D eigenvalue weighted by atomic mass is 10.3. The van der Waals surface area contributed by atoms with E-state index in [1.807, 2.05) is 34.9 Å². The largest absolute Gasteiger partial charge is 0.481 e. The highest BCUT2D eigenvalue weighted by atomic mass is 127. The molecule has 0 saturated heterocycles. The molecule has 0 aliphatic carbocycles. The van der Waals surface area contributed by atoms with Crippen LogP contribution in [0.5, 0.6) is 5.88 Å². The minimum atomic E-state index is 0.415. The molecule has 0 atom stereocenters. The Labute approximate surface area is 123 Å². The van der Waals surface area contributed by atoms with Gasteiger partial charge < -0.3 is 10.5 Å². The van der Waals surface area contributed by atoms with Gasteiger partial charge in [-0.15, -0.1) is 0 Å². The summed E-state index contributed by atoms with van der Waals surface area (Å²) in [4.78, 5) is 8.73. The van der Waals surface area contributed by atoms with Crippen molar-refractivity contribution in [3.05, 3.63) is 40.0 Å². The maximum Gasteiger partial charge on any atom is 0.215 e. The van der Waals surface area contributed by atoms with Crippen molar-refractivity contribution in [1.82, 2.24) is 14.5 Å². The molecule has 19 heavy (non-hydrogen) atoms. The molecule has 1 aromatic carbocycles. The van der Waals surface area contributed by atoms with Crippen LogP contribution in [0.1, 0.15) is 0 Å². The average Bonchev–Trinajstić information content (AvgIpc) is 2.73. The van der Waals surface area contributed by atoms with E-state index in [2.05, 4.69) is 32.6 Å². The molecule has 5 nitrogen and oxygen atoms in total. The van der Waals surface area contributed by atoms with Gasteiger partial charge in [0.25, 0.3) is 0 Å². The Kier molecular flexibility index (Phi) is 3.02. The number of methoxy groups -OCH3 is 1. The van der Waals surface area contributed by atoms with E-state index in [-0.39, 0.29) is 0 Å². The highest BCUT2D eigenvalue weighted by molar-refractivity contribution is 14.1. The van der Waals surface area contributed by atoms with E-state index in [0.29, 0.717) is 17.5 Å². The van der Waals surface area contributed by atoms with Gasteiger partial charge in [-0.25, -0.2) is 4.98 Å². The van der Waals surface area contributed by atoms with Crippen LogP contribution in [-0.2, 0) is 0 Å². The zero-order valence-corrected chi connectivity index (χ0v) is 12.3. The molecule has 3 rings (SSSR count). The van der Waals surface area contributed by atoms with Gasteiger partial charge in [-0.2, -0.15) is 4.98 Å². The third-order valence-corrected chi connectivity index (χ3v) is 3.45. The molecule has 2 heterocycles. The van der Waals surface area contributed by atoms with E-state index < -0.39 is 0 Å². The highest BCUT2D eigenvalue weighted by Gasteiger charge is 2.12. The van der Waals surface area contributed by atoms with E-state index in [9.17, 15) is 0 Å². The molecule has 3 aromatic rings. The number of anilines is 1. The highest BCUT2D eigenvalue weighted by Crippen LogP contribution is 2.24. The molecule has 0 radical (unpaired) electrons. The molecule has 0 saturated carbocycles. The third kappa shape index (κ3) is 2.12. The number of ether oxygens (including phenoxy) is 1. The Morgan fingerprint density at radius 3 is 2.79 bits per heavy atom. The fraction of sp³-hybridized carbons (Fsp3) is 0.0769. The zero-order valence-electron chi connectivity index (χ0n) is 10.2. The minimum Gasteiger partial charge on any atom is -0.481 e. The number of imidazole rings is 1. The number of nitrogens with zero attached hydrogens (tertiary/aromatic N) is 3. The standard InChI is InChI=1S/C13H11IN4O/c1-19-11-6-5-10-12(17-11)18(13(15)16-10)9-4-2-3-8(14)7-9/h2-7H,1H3,(H2,15,16). The molecular weight excluding hydrogens is 355 g/mol. The van der Waals surface area contributed by atoms with Crippen LogP contribution in [0.2, 0.25) is 0 Å². The number of pyridine rings is 1. The van der Waals surface area contributed by atoms with Gasteiger partial charge in [-0.3, -0.25) is 4.57 Å². The van der Waals surface area contributed by atoms with Gasteiger partial charge in [0, 0.05) is 9.64 Å². The predicted octanol–water partition coefficient (Wildman–Crippen LogP) is 2.62. The molecule has 0 aliphatic rings. The summed E-state index contributed by atoms with van der Waals surface area (Å²) < 4.78 is 8.10. The molecule has 0 unspecified atom stereocenters. The van der Waals surface area contributed by atoms with Gasteiger partial charge in [-0.05, 0) is 46.9 Å². The molecule has 2 N–H and O–H groups in total. The third-order valence-electron chi connectivity index (χ3n) is 2.78. The lowest BCUT2D eigenvalue weighted by molar-refractivity contribution is 0.399.